The van der Waals surface area contributed by atoms with Gasteiger partial charge in [-0.15, -0.1) is 6.58 Å². The van der Waals surface area contributed by atoms with Gasteiger partial charge in [0.15, 0.2) is 0 Å². The first-order valence-corrected chi connectivity index (χ1v) is 5.96. The second-order valence-corrected chi connectivity index (χ2v) is 4.65. The predicted octanol–water partition coefficient (Wildman–Crippen LogP) is 2.54. The Morgan fingerprint density at radius 2 is 2.06 bits per heavy atom. The third kappa shape index (κ3) is 2.64. The monoisotopic (exact) mass is 216 g/mol. The average molecular weight is 216 g/mol. The van der Waals surface area contributed by atoms with Gasteiger partial charge in [0.1, 0.15) is 0 Å². The fraction of sp³-hybridized carbons (Fsp3) is 0.429. The zero-order valence-electron chi connectivity index (χ0n) is 9.65. The minimum Gasteiger partial charge on any atom is -0.399 e. The van der Waals surface area contributed by atoms with E-state index in [4.69, 9.17) is 5.73 Å². The summed E-state index contributed by atoms with van der Waals surface area (Å²) in [6, 6.07) is 8.29. The maximum absolute atomic E-state index is 5.70. The van der Waals surface area contributed by atoms with Gasteiger partial charge in [-0.2, -0.15) is 0 Å². The lowest BCUT2D eigenvalue weighted by atomic mass is 9.84. The molecule has 2 unspecified atom stereocenters. The molecule has 16 heavy (non-hydrogen) atoms. The van der Waals surface area contributed by atoms with E-state index in [-0.39, 0.29) is 0 Å². The van der Waals surface area contributed by atoms with E-state index in [0.717, 1.165) is 31.1 Å². The van der Waals surface area contributed by atoms with Crippen LogP contribution in [0.1, 0.15) is 24.3 Å². The van der Waals surface area contributed by atoms with E-state index in [1.54, 1.807) is 0 Å². The Kier molecular flexibility index (Phi) is 3.62. The summed E-state index contributed by atoms with van der Waals surface area (Å²) in [6.07, 6.45) is 4.39. The molecule has 0 saturated carbocycles. The molecule has 0 aromatic heterocycles. The quantitative estimate of drug-likeness (QED) is 0.602. The first-order chi connectivity index (χ1) is 7.79. The van der Waals surface area contributed by atoms with E-state index in [2.05, 4.69) is 24.0 Å². The number of nitrogens with one attached hydrogen (secondary N) is 1. The molecule has 3 N–H and O–H groups in total. The van der Waals surface area contributed by atoms with Crippen LogP contribution in [-0.2, 0) is 0 Å². The molecule has 0 amide bonds. The lowest BCUT2D eigenvalue weighted by Crippen LogP contribution is -2.34. The maximum atomic E-state index is 5.70. The number of nitrogen functional groups attached to an aromatic ring is 1. The van der Waals surface area contributed by atoms with Crippen LogP contribution < -0.4 is 11.1 Å². The molecule has 2 heteroatoms. The van der Waals surface area contributed by atoms with Crippen molar-refractivity contribution >= 4 is 5.69 Å². The van der Waals surface area contributed by atoms with Crippen molar-refractivity contribution in [2.45, 2.75) is 18.8 Å². The SMILES string of the molecule is C=CCC1CNCC(c2ccc(N)cc2)C1. The van der Waals surface area contributed by atoms with Crippen molar-refractivity contribution in [3.8, 4) is 0 Å². The van der Waals surface area contributed by atoms with E-state index in [9.17, 15) is 0 Å². The van der Waals surface area contributed by atoms with Crippen LogP contribution in [0.5, 0.6) is 0 Å². The minimum atomic E-state index is 0.624. The Morgan fingerprint density at radius 1 is 1.31 bits per heavy atom. The van der Waals surface area contributed by atoms with Crippen molar-refractivity contribution in [1.29, 1.82) is 0 Å². The van der Waals surface area contributed by atoms with E-state index in [1.165, 1.54) is 12.0 Å². The molecule has 1 heterocycles. The zero-order chi connectivity index (χ0) is 11.4. The number of hydrogen-bond donors (Lipinski definition) is 2. The van der Waals surface area contributed by atoms with E-state index in [0.29, 0.717) is 5.92 Å². The van der Waals surface area contributed by atoms with Gasteiger partial charge in [-0.25, -0.2) is 0 Å². The van der Waals surface area contributed by atoms with Crippen LogP contribution in [0.15, 0.2) is 36.9 Å². The van der Waals surface area contributed by atoms with Gasteiger partial charge in [0.2, 0.25) is 0 Å². The third-order valence-corrected chi connectivity index (χ3v) is 3.35. The molecular weight excluding hydrogens is 196 g/mol. The van der Waals surface area contributed by atoms with Gasteiger partial charge < -0.3 is 11.1 Å². The van der Waals surface area contributed by atoms with Gasteiger partial charge in [-0.05, 0) is 48.9 Å². The van der Waals surface area contributed by atoms with Crippen molar-refractivity contribution in [3.05, 3.63) is 42.5 Å². The fourth-order valence-electron chi connectivity index (χ4n) is 2.47. The first-order valence-electron chi connectivity index (χ1n) is 5.96. The molecule has 2 rings (SSSR count). The van der Waals surface area contributed by atoms with Crippen LogP contribution in [0.25, 0.3) is 0 Å². The molecule has 0 spiro atoms. The van der Waals surface area contributed by atoms with Crippen molar-refractivity contribution < 1.29 is 0 Å². The standard InChI is InChI=1S/C14H20N2/c1-2-3-11-8-13(10-16-9-11)12-4-6-14(15)7-5-12/h2,4-7,11,13,16H,1,3,8-10,15H2. The Labute approximate surface area is 97.5 Å². The fourth-order valence-corrected chi connectivity index (χ4v) is 2.47. The van der Waals surface area contributed by atoms with Crippen molar-refractivity contribution in [1.82, 2.24) is 5.32 Å². The Morgan fingerprint density at radius 3 is 2.75 bits per heavy atom. The largest absolute Gasteiger partial charge is 0.399 e. The minimum absolute atomic E-state index is 0.624. The molecule has 2 atom stereocenters. The number of hydrogen-bond acceptors (Lipinski definition) is 2. The Bertz CT molecular complexity index is 342. The van der Waals surface area contributed by atoms with Crippen molar-refractivity contribution in [2.24, 2.45) is 5.92 Å². The maximum Gasteiger partial charge on any atom is 0.0314 e. The van der Waals surface area contributed by atoms with E-state index in [1.807, 2.05) is 18.2 Å². The smallest absolute Gasteiger partial charge is 0.0314 e. The molecular formula is C14H20N2. The number of rotatable bonds is 3. The highest BCUT2D eigenvalue weighted by molar-refractivity contribution is 5.40. The second kappa shape index (κ2) is 5.17. The van der Waals surface area contributed by atoms with Crippen LogP contribution in [0.3, 0.4) is 0 Å². The number of piperidine rings is 1. The Hall–Kier alpha value is -1.28. The van der Waals surface area contributed by atoms with Crippen LogP contribution in [0.2, 0.25) is 0 Å². The highest BCUT2D eigenvalue weighted by atomic mass is 14.9. The molecule has 1 aliphatic heterocycles. The summed E-state index contributed by atoms with van der Waals surface area (Å²) in [4.78, 5) is 0. The van der Waals surface area contributed by atoms with Gasteiger partial charge in [-0.3, -0.25) is 0 Å². The predicted molar refractivity (Wildman–Crippen MR) is 69.4 cm³/mol. The second-order valence-electron chi connectivity index (χ2n) is 4.65. The molecule has 0 radical (unpaired) electrons. The number of benzene rings is 1. The topological polar surface area (TPSA) is 38.0 Å². The van der Waals surface area contributed by atoms with Crippen LogP contribution in [0, 0.1) is 5.92 Å². The molecule has 1 aromatic carbocycles. The van der Waals surface area contributed by atoms with Gasteiger partial charge >= 0.3 is 0 Å². The molecule has 0 bridgehead atoms. The number of nitrogens with two attached hydrogens (primary N) is 1. The normalized spacial score (nSPS) is 25.2. The summed E-state index contributed by atoms with van der Waals surface area (Å²) >= 11 is 0. The summed E-state index contributed by atoms with van der Waals surface area (Å²) in [5.74, 6) is 1.35. The van der Waals surface area contributed by atoms with Gasteiger partial charge in [0, 0.05) is 12.2 Å². The molecule has 1 fully saturated rings. The van der Waals surface area contributed by atoms with Crippen LogP contribution in [0.4, 0.5) is 5.69 Å². The molecule has 1 aromatic rings. The lowest BCUT2D eigenvalue weighted by Gasteiger charge is -2.29. The van der Waals surface area contributed by atoms with E-state index < -0.39 is 0 Å². The van der Waals surface area contributed by atoms with Crippen molar-refractivity contribution in [2.75, 3.05) is 18.8 Å². The summed E-state index contributed by atoms with van der Waals surface area (Å²) in [5.41, 5.74) is 7.94. The average Bonchev–Trinajstić information content (AvgIpc) is 2.31. The molecule has 86 valence electrons. The number of anilines is 1. The van der Waals surface area contributed by atoms with Gasteiger partial charge in [0.25, 0.3) is 0 Å². The van der Waals surface area contributed by atoms with Gasteiger partial charge in [0.05, 0.1) is 0 Å². The zero-order valence-corrected chi connectivity index (χ0v) is 9.65. The molecule has 1 saturated heterocycles. The molecule has 1 aliphatic rings. The third-order valence-electron chi connectivity index (χ3n) is 3.35. The summed E-state index contributed by atoms with van der Waals surface area (Å²) in [6.45, 7) is 6.02. The Balaban J connectivity index is 2.03. The first kappa shape index (κ1) is 11.2. The van der Waals surface area contributed by atoms with Gasteiger partial charge in [-0.1, -0.05) is 18.2 Å². The number of allylic oxidation sites excluding steroid dienone is 1. The summed E-state index contributed by atoms with van der Waals surface area (Å²) < 4.78 is 0. The summed E-state index contributed by atoms with van der Waals surface area (Å²) in [5, 5.41) is 3.50. The van der Waals surface area contributed by atoms with Crippen LogP contribution >= 0.6 is 0 Å². The van der Waals surface area contributed by atoms with Crippen LogP contribution in [-0.4, -0.2) is 13.1 Å². The highest BCUT2D eigenvalue weighted by Crippen LogP contribution is 2.28. The molecule has 0 aliphatic carbocycles. The van der Waals surface area contributed by atoms with Crippen molar-refractivity contribution in [3.63, 3.8) is 0 Å². The van der Waals surface area contributed by atoms with E-state index >= 15 is 0 Å². The summed E-state index contributed by atoms with van der Waals surface area (Å²) in [7, 11) is 0. The molecule has 2 nitrogen and oxygen atoms in total. The highest BCUT2D eigenvalue weighted by Gasteiger charge is 2.21. The lowest BCUT2D eigenvalue weighted by molar-refractivity contribution is 0.344.